The molecular weight excluding hydrogens is 258 g/mol. The molecule has 0 aliphatic carbocycles. The molecule has 0 aliphatic rings. The maximum atomic E-state index is 11.9. The molecule has 0 fully saturated rings. The summed E-state index contributed by atoms with van der Waals surface area (Å²) < 4.78 is 30.0. The number of sulfonamides is 1. The molecule has 0 rings (SSSR count). The quantitative estimate of drug-likeness (QED) is 0.530. The highest BCUT2D eigenvalue weighted by molar-refractivity contribution is 7.89. The van der Waals surface area contributed by atoms with Crippen LogP contribution in [0.2, 0.25) is 0 Å². The van der Waals surface area contributed by atoms with Crippen molar-refractivity contribution < 1.29 is 17.9 Å². The van der Waals surface area contributed by atoms with Crippen LogP contribution in [0.25, 0.3) is 0 Å². The van der Waals surface area contributed by atoms with Crippen LogP contribution >= 0.6 is 0 Å². The number of likely N-dealkylation sites (N-methyl/N-ethyl adjacent to an activating group) is 2. The average molecular weight is 281 g/mol. The zero-order valence-corrected chi connectivity index (χ0v) is 12.1. The number of carbonyl (C=O) groups is 1. The Morgan fingerprint density at radius 2 is 1.89 bits per heavy atom. The lowest BCUT2D eigenvalue weighted by molar-refractivity contribution is -0.128. The fourth-order valence-corrected chi connectivity index (χ4v) is 2.47. The molecule has 7 nitrogen and oxygen atoms in total. The summed E-state index contributed by atoms with van der Waals surface area (Å²) in [4.78, 5) is 12.9. The second kappa shape index (κ2) is 8.41. The highest BCUT2D eigenvalue weighted by atomic mass is 32.2. The fourth-order valence-electron chi connectivity index (χ4n) is 1.18. The standard InChI is InChI=1S/C10H23N3O4S/c1-4-13(9-10(14)12(2)3)18(15,16)8-7-17-6-5-11/h4-9,11H2,1-3H3. The predicted molar refractivity (Wildman–Crippen MR) is 69.6 cm³/mol. The molecule has 2 N–H and O–H groups in total. The molecule has 0 saturated heterocycles. The summed E-state index contributed by atoms with van der Waals surface area (Å²) in [7, 11) is -0.281. The van der Waals surface area contributed by atoms with Crippen molar-refractivity contribution in [3.8, 4) is 0 Å². The normalized spacial score (nSPS) is 11.8. The van der Waals surface area contributed by atoms with Gasteiger partial charge in [0, 0.05) is 27.2 Å². The van der Waals surface area contributed by atoms with E-state index < -0.39 is 10.0 Å². The van der Waals surface area contributed by atoms with Gasteiger partial charge in [-0.05, 0) is 0 Å². The highest BCUT2D eigenvalue weighted by Gasteiger charge is 2.23. The Kier molecular flexibility index (Phi) is 8.08. The average Bonchev–Trinajstić information content (AvgIpc) is 2.30. The maximum absolute atomic E-state index is 11.9. The van der Waals surface area contributed by atoms with Crippen molar-refractivity contribution in [3.63, 3.8) is 0 Å². The molecule has 0 heterocycles. The Morgan fingerprint density at radius 3 is 2.33 bits per heavy atom. The summed E-state index contributed by atoms with van der Waals surface area (Å²) >= 11 is 0. The van der Waals surface area contributed by atoms with E-state index in [1.165, 1.54) is 4.90 Å². The van der Waals surface area contributed by atoms with Crippen LogP contribution in [0.4, 0.5) is 0 Å². The first-order valence-electron chi connectivity index (χ1n) is 5.81. The largest absolute Gasteiger partial charge is 0.379 e. The number of hydrogen-bond donors (Lipinski definition) is 1. The summed E-state index contributed by atoms with van der Waals surface area (Å²) in [6, 6.07) is 0. The summed E-state index contributed by atoms with van der Waals surface area (Å²) in [6.07, 6.45) is 0. The van der Waals surface area contributed by atoms with E-state index in [1.807, 2.05) is 0 Å². The minimum Gasteiger partial charge on any atom is -0.379 e. The van der Waals surface area contributed by atoms with Crippen LogP contribution in [0.1, 0.15) is 6.92 Å². The first-order valence-corrected chi connectivity index (χ1v) is 7.41. The van der Waals surface area contributed by atoms with E-state index in [1.54, 1.807) is 21.0 Å². The lowest BCUT2D eigenvalue weighted by Crippen LogP contribution is -2.41. The van der Waals surface area contributed by atoms with Gasteiger partial charge in [-0.25, -0.2) is 8.42 Å². The molecule has 0 bridgehead atoms. The highest BCUT2D eigenvalue weighted by Crippen LogP contribution is 2.02. The molecule has 0 aromatic carbocycles. The molecular formula is C10H23N3O4S. The molecule has 0 aromatic heterocycles. The van der Waals surface area contributed by atoms with Gasteiger partial charge in [0.1, 0.15) is 0 Å². The minimum atomic E-state index is -3.46. The van der Waals surface area contributed by atoms with Crippen molar-refractivity contribution in [3.05, 3.63) is 0 Å². The van der Waals surface area contributed by atoms with Crippen molar-refractivity contribution in [2.24, 2.45) is 5.73 Å². The van der Waals surface area contributed by atoms with Crippen LogP contribution in [0, 0.1) is 0 Å². The van der Waals surface area contributed by atoms with Gasteiger partial charge < -0.3 is 15.4 Å². The molecule has 0 aromatic rings. The lowest BCUT2D eigenvalue weighted by atomic mass is 10.5. The molecule has 0 saturated carbocycles. The lowest BCUT2D eigenvalue weighted by Gasteiger charge is -2.21. The van der Waals surface area contributed by atoms with E-state index in [2.05, 4.69) is 0 Å². The van der Waals surface area contributed by atoms with Crippen LogP contribution in [0.15, 0.2) is 0 Å². The Balaban J connectivity index is 4.39. The Bertz CT molecular complexity index is 343. The van der Waals surface area contributed by atoms with E-state index in [9.17, 15) is 13.2 Å². The molecule has 0 atom stereocenters. The van der Waals surface area contributed by atoms with Crippen LogP contribution in [-0.2, 0) is 19.6 Å². The van der Waals surface area contributed by atoms with Crippen molar-refractivity contribution in [2.45, 2.75) is 6.92 Å². The van der Waals surface area contributed by atoms with E-state index in [0.29, 0.717) is 13.2 Å². The Morgan fingerprint density at radius 1 is 1.28 bits per heavy atom. The zero-order chi connectivity index (χ0) is 14.2. The van der Waals surface area contributed by atoms with Gasteiger partial charge in [0.25, 0.3) is 0 Å². The third-order valence-corrected chi connectivity index (χ3v) is 4.16. The molecule has 108 valence electrons. The SMILES string of the molecule is CCN(CC(=O)N(C)C)S(=O)(=O)CCOCCN. The number of hydrogen-bond acceptors (Lipinski definition) is 5. The van der Waals surface area contributed by atoms with Gasteiger partial charge >= 0.3 is 0 Å². The summed E-state index contributed by atoms with van der Waals surface area (Å²) in [6.45, 7) is 2.60. The molecule has 0 radical (unpaired) electrons. The summed E-state index contributed by atoms with van der Waals surface area (Å²) in [5, 5.41) is 0. The third-order valence-electron chi connectivity index (χ3n) is 2.30. The first kappa shape index (κ1) is 17.3. The van der Waals surface area contributed by atoms with Gasteiger partial charge in [0.2, 0.25) is 15.9 Å². The van der Waals surface area contributed by atoms with Gasteiger partial charge in [-0.1, -0.05) is 6.92 Å². The zero-order valence-electron chi connectivity index (χ0n) is 11.3. The number of carbonyl (C=O) groups excluding carboxylic acids is 1. The van der Waals surface area contributed by atoms with Crippen molar-refractivity contribution in [1.29, 1.82) is 0 Å². The molecule has 8 heteroatoms. The number of amides is 1. The molecule has 0 spiro atoms. The fraction of sp³-hybridized carbons (Fsp3) is 0.900. The van der Waals surface area contributed by atoms with E-state index in [4.69, 9.17) is 10.5 Å². The third kappa shape index (κ3) is 6.29. The smallest absolute Gasteiger partial charge is 0.237 e. The minimum absolute atomic E-state index is 0.0895. The number of nitrogens with two attached hydrogens (primary N) is 1. The topological polar surface area (TPSA) is 92.9 Å². The molecule has 18 heavy (non-hydrogen) atoms. The Hall–Kier alpha value is -0.700. The van der Waals surface area contributed by atoms with Gasteiger partial charge in [0.15, 0.2) is 0 Å². The molecule has 1 amide bonds. The Labute approximate surface area is 109 Å². The number of ether oxygens (including phenoxy) is 1. The molecule has 0 unspecified atom stereocenters. The summed E-state index contributed by atoms with van der Waals surface area (Å²) in [5.41, 5.74) is 5.23. The van der Waals surface area contributed by atoms with Crippen LogP contribution in [0.3, 0.4) is 0 Å². The predicted octanol–water partition coefficient (Wildman–Crippen LogP) is -1.30. The van der Waals surface area contributed by atoms with Gasteiger partial charge in [-0.3, -0.25) is 4.79 Å². The van der Waals surface area contributed by atoms with Crippen LogP contribution in [0.5, 0.6) is 0 Å². The first-order chi connectivity index (χ1) is 8.35. The van der Waals surface area contributed by atoms with Crippen molar-refractivity contribution >= 4 is 15.9 Å². The number of nitrogens with zero attached hydrogens (tertiary/aromatic N) is 2. The second-order valence-corrected chi connectivity index (χ2v) is 6.02. The van der Waals surface area contributed by atoms with E-state index in [0.717, 1.165) is 4.31 Å². The van der Waals surface area contributed by atoms with E-state index >= 15 is 0 Å². The number of rotatable bonds is 9. The van der Waals surface area contributed by atoms with Crippen LogP contribution < -0.4 is 5.73 Å². The van der Waals surface area contributed by atoms with Gasteiger partial charge in [-0.2, -0.15) is 4.31 Å². The van der Waals surface area contributed by atoms with Crippen molar-refractivity contribution in [1.82, 2.24) is 9.21 Å². The maximum Gasteiger partial charge on any atom is 0.237 e. The van der Waals surface area contributed by atoms with Gasteiger partial charge in [-0.15, -0.1) is 0 Å². The van der Waals surface area contributed by atoms with E-state index in [-0.39, 0.29) is 31.4 Å². The van der Waals surface area contributed by atoms with Gasteiger partial charge in [0.05, 0.1) is 25.5 Å². The molecule has 0 aliphatic heterocycles. The monoisotopic (exact) mass is 281 g/mol. The van der Waals surface area contributed by atoms with Crippen molar-refractivity contribution in [2.75, 3.05) is 52.7 Å². The summed E-state index contributed by atoms with van der Waals surface area (Å²) in [5.74, 6) is -0.384. The second-order valence-electron chi connectivity index (χ2n) is 3.93. The van der Waals surface area contributed by atoms with Crippen LogP contribution in [-0.4, -0.2) is 76.2 Å².